The fourth-order valence-corrected chi connectivity index (χ4v) is 1.89. The van der Waals surface area contributed by atoms with Gasteiger partial charge in [0.25, 0.3) is 5.56 Å². The minimum atomic E-state index is -0.412. The molecule has 3 nitrogen and oxygen atoms in total. The standard InChI is InChI=1S/C16H14FNO2/c1-12-4-5-18(16(20)7-12)11-14-8-13(3-2-6-19)9-15(17)10-14/h4-5,7-10,19H,6,11H2,1H3. The van der Waals surface area contributed by atoms with Crippen molar-refractivity contribution in [2.24, 2.45) is 0 Å². The van der Waals surface area contributed by atoms with Crippen LogP contribution in [0, 0.1) is 24.6 Å². The second kappa shape index (κ2) is 6.18. The quantitative estimate of drug-likeness (QED) is 0.845. The molecule has 0 aliphatic rings. The SMILES string of the molecule is Cc1ccn(Cc2cc(F)cc(C#CCO)c2)c(=O)c1. The molecule has 0 spiro atoms. The Morgan fingerprint density at radius 3 is 2.80 bits per heavy atom. The summed E-state index contributed by atoms with van der Waals surface area (Å²) < 4.78 is 15.0. The molecule has 0 atom stereocenters. The van der Waals surface area contributed by atoms with Gasteiger partial charge in [-0.2, -0.15) is 0 Å². The third-order valence-electron chi connectivity index (χ3n) is 2.77. The lowest BCUT2D eigenvalue weighted by molar-refractivity contribution is 0.350. The highest BCUT2D eigenvalue weighted by molar-refractivity contribution is 5.38. The van der Waals surface area contributed by atoms with E-state index in [-0.39, 0.29) is 18.7 Å². The third kappa shape index (κ3) is 3.56. The number of hydrogen-bond donors (Lipinski definition) is 1. The zero-order valence-electron chi connectivity index (χ0n) is 11.1. The Hall–Kier alpha value is -2.38. The van der Waals surface area contributed by atoms with Crippen molar-refractivity contribution in [2.75, 3.05) is 6.61 Å². The van der Waals surface area contributed by atoms with Crippen LogP contribution >= 0.6 is 0 Å². The van der Waals surface area contributed by atoms with Crippen LogP contribution in [0.1, 0.15) is 16.7 Å². The minimum absolute atomic E-state index is 0.128. The maximum atomic E-state index is 13.5. The van der Waals surface area contributed by atoms with E-state index in [0.29, 0.717) is 11.1 Å². The first-order valence-corrected chi connectivity index (χ1v) is 6.15. The van der Waals surface area contributed by atoms with Gasteiger partial charge in [-0.1, -0.05) is 11.8 Å². The van der Waals surface area contributed by atoms with Crippen LogP contribution in [-0.4, -0.2) is 16.3 Å². The summed E-state index contributed by atoms with van der Waals surface area (Å²) >= 11 is 0. The second-order valence-corrected chi connectivity index (χ2v) is 4.48. The maximum Gasteiger partial charge on any atom is 0.251 e. The summed E-state index contributed by atoms with van der Waals surface area (Å²) in [6.45, 7) is 1.85. The molecular weight excluding hydrogens is 257 g/mol. The normalized spacial score (nSPS) is 9.95. The van der Waals surface area contributed by atoms with Crippen LogP contribution in [0.2, 0.25) is 0 Å². The second-order valence-electron chi connectivity index (χ2n) is 4.48. The van der Waals surface area contributed by atoms with Crippen molar-refractivity contribution in [3.8, 4) is 11.8 Å². The molecular formula is C16H14FNO2. The molecule has 1 aromatic carbocycles. The van der Waals surface area contributed by atoms with Gasteiger partial charge < -0.3 is 9.67 Å². The van der Waals surface area contributed by atoms with E-state index in [9.17, 15) is 9.18 Å². The van der Waals surface area contributed by atoms with Gasteiger partial charge >= 0.3 is 0 Å². The smallest absolute Gasteiger partial charge is 0.251 e. The first-order chi connectivity index (χ1) is 9.58. The zero-order valence-corrected chi connectivity index (χ0v) is 11.1. The molecule has 0 fully saturated rings. The molecule has 4 heteroatoms. The summed E-state index contributed by atoms with van der Waals surface area (Å²) in [5.74, 6) is 4.72. The van der Waals surface area contributed by atoms with E-state index in [0.717, 1.165) is 5.56 Å². The van der Waals surface area contributed by atoms with Crippen LogP contribution in [0.5, 0.6) is 0 Å². The predicted molar refractivity (Wildman–Crippen MR) is 74.9 cm³/mol. The van der Waals surface area contributed by atoms with Crippen molar-refractivity contribution in [2.45, 2.75) is 13.5 Å². The number of rotatable bonds is 2. The molecule has 0 saturated heterocycles. The number of pyridine rings is 1. The fraction of sp³-hybridized carbons (Fsp3) is 0.188. The summed E-state index contributed by atoms with van der Waals surface area (Å²) in [6, 6.07) is 7.73. The molecule has 0 unspecified atom stereocenters. The van der Waals surface area contributed by atoms with E-state index in [1.807, 2.05) is 13.0 Å². The van der Waals surface area contributed by atoms with Gasteiger partial charge in [0.1, 0.15) is 12.4 Å². The number of benzene rings is 1. The summed E-state index contributed by atoms with van der Waals surface area (Å²) in [5.41, 5.74) is 1.89. The van der Waals surface area contributed by atoms with E-state index in [2.05, 4.69) is 11.8 Å². The Balaban J connectivity index is 2.33. The molecule has 2 aromatic rings. The van der Waals surface area contributed by atoms with E-state index in [4.69, 9.17) is 5.11 Å². The average molecular weight is 271 g/mol. The number of aryl methyl sites for hydroxylation is 1. The van der Waals surface area contributed by atoms with Crippen molar-refractivity contribution >= 4 is 0 Å². The number of halogens is 1. The van der Waals surface area contributed by atoms with Crippen LogP contribution < -0.4 is 5.56 Å². The molecule has 102 valence electrons. The molecule has 0 amide bonds. The summed E-state index contributed by atoms with van der Waals surface area (Å²) in [4.78, 5) is 11.8. The first kappa shape index (κ1) is 14.0. The number of aromatic nitrogens is 1. The fourth-order valence-electron chi connectivity index (χ4n) is 1.89. The van der Waals surface area contributed by atoms with Gasteiger partial charge in [-0.15, -0.1) is 0 Å². The van der Waals surface area contributed by atoms with Crippen LogP contribution in [0.15, 0.2) is 41.3 Å². The number of hydrogen-bond acceptors (Lipinski definition) is 2. The van der Waals surface area contributed by atoms with E-state index >= 15 is 0 Å². The summed E-state index contributed by atoms with van der Waals surface area (Å²) in [6.07, 6.45) is 1.68. The van der Waals surface area contributed by atoms with E-state index in [1.165, 1.54) is 22.8 Å². The molecule has 0 aliphatic heterocycles. The molecule has 0 bridgehead atoms. The topological polar surface area (TPSA) is 42.2 Å². The molecule has 2 rings (SSSR count). The molecule has 1 heterocycles. The van der Waals surface area contributed by atoms with Gasteiger partial charge in [0, 0.05) is 17.8 Å². The van der Waals surface area contributed by atoms with Crippen LogP contribution in [0.3, 0.4) is 0 Å². The third-order valence-corrected chi connectivity index (χ3v) is 2.77. The van der Waals surface area contributed by atoms with Crippen molar-refractivity contribution in [3.63, 3.8) is 0 Å². The van der Waals surface area contributed by atoms with Gasteiger partial charge in [0.05, 0.1) is 6.54 Å². The van der Waals surface area contributed by atoms with Gasteiger partial charge in [0.15, 0.2) is 0 Å². The maximum absolute atomic E-state index is 13.5. The Kier molecular flexibility index (Phi) is 4.34. The molecule has 1 N–H and O–H groups in total. The van der Waals surface area contributed by atoms with Crippen molar-refractivity contribution in [1.29, 1.82) is 0 Å². The van der Waals surface area contributed by atoms with Crippen molar-refractivity contribution < 1.29 is 9.50 Å². The van der Waals surface area contributed by atoms with Crippen molar-refractivity contribution in [3.05, 3.63) is 69.4 Å². The highest BCUT2D eigenvalue weighted by atomic mass is 19.1. The van der Waals surface area contributed by atoms with Crippen molar-refractivity contribution in [1.82, 2.24) is 4.57 Å². The lowest BCUT2D eigenvalue weighted by atomic mass is 10.1. The molecule has 0 radical (unpaired) electrons. The molecule has 1 aromatic heterocycles. The molecule has 0 saturated carbocycles. The Bertz CT molecular complexity index is 738. The minimum Gasteiger partial charge on any atom is -0.384 e. The summed E-state index contributed by atoms with van der Waals surface area (Å²) in [5, 5.41) is 8.65. The Labute approximate surface area is 116 Å². The highest BCUT2D eigenvalue weighted by Crippen LogP contribution is 2.09. The lowest BCUT2D eigenvalue weighted by Crippen LogP contribution is -2.19. The van der Waals surface area contributed by atoms with Gasteiger partial charge in [0.2, 0.25) is 0 Å². The largest absolute Gasteiger partial charge is 0.384 e. The number of aliphatic hydroxyl groups is 1. The average Bonchev–Trinajstić information content (AvgIpc) is 2.39. The summed E-state index contributed by atoms with van der Waals surface area (Å²) in [7, 11) is 0. The van der Waals surface area contributed by atoms with Gasteiger partial charge in [-0.25, -0.2) is 4.39 Å². The Morgan fingerprint density at radius 1 is 1.30 bits per heavy atom. The Morgan fingerprint density at radius 2 is 2.10 bits per heavy atom. The van der Waals surface area contributed by atoms with Gasteiger partial charge in [-0.05, 0) is 42.3 Å². The van der Waals surface area contributed by atoms with Crippen LogP contribution in [0.4, 0.5) is 4.39 Å². The van der Waals surface area contributed by atoms with Crippen LogP contribution in [-0.2, 0) is 6.54 Å². The number of aliphatic hydroxyl groups excluding tert-OH is 1. The predicted octanol–water partition coefficient (Wildman–Crippen LogP) is 1.69. The van der Waals surface area contributed by atoms with Crippen LogP contribution in [0.25, 0.3) is 0 Å². The molecule has 0 aliphatic carbocycles. The van der Waals surface area contributed by atoms with Gasteiger partial charge in [-0.3, -0.25) is 4.79 Å². The zero-order chi connectivity index (χ0) is 14.5. The number of nitrogens with zero attached hydrogens (tertiary/aromatic N) is 1. The first-order valence-electron chi connectivity index (χ1n) is 6.15. The van der Waals surface area contributed by atoms with E-state index in [1.54, 1.807) is 12.3 Å². The highest BCUT2D eigenvalue weighted by Gasteiger charge is 2.02. The lowest BCUT2D eigenvalue weighted by Gasteiger charge is -2.07. The molecule has 20 heavy (non-hydrogen) atoms. The monoisotopic (exact) mass is 271 g/mol. The van der Waals surface area contributed by atoms with E-state index < -0.39 is 5.82 Å².